The SMILES string of the molecule is CCOc1ccc(-c2nc(CSc3nccc(C(F)(F)F)n3)cs2)cc1OC. The van der Waals surface area contributed by atoms with Gasteiger partial charge in [0.15, 0.2) is 16.7 Å². The summed E-state index contributed by atoms with van der Waals surface area (Å²) in [6.07, 6.45) is -3.38. The number of aromatic nitrogens is 3. The number of benzene rings is 1. The van der Waals surface area contributed by atoms with E-state index in [2.05, 4.69) is 15.0 Å². The van der Waals surface area contributed by atoms with Crippen LogP contribution in [0.15, 0.2) is 41.0 Å². The largest absolute Gasteiger partial charge is 0.493 e. The van der Waals surface area contributed by atoms with Crippen molar-refractivity contribution in [1.29, 1.82) is 0 Å². The molecule has 0 spiro atoms. The Morgan fingerprint density at radius 1 is 1.14 bits per heavy atom. The minimum absolute atomic E-state index is 0.0621. The molecular weight excluding hydrogens is 411 g/mol. The highest BCUT2D eigenvalue weighted by Gasteiger charge is 2.32. The van der Waals surface area contributed by atoms with Crippen molar-refractivity contribution in [3.05, 3.63) is 47.2 Å². The second kappa shape index (κ2) is 8.78. The lowest BCUT2D eigenvalue weighted by atomic mass is 10.2. The number of alkyl halides is 3. The minimum atomic E-state index is -4.49. The van der Waals surface area contributed by atoms with Crippen LogP contribution in [0.2, 0.25) is 0 Å². The molecule has 3 aromatic rings. The van der Waals surface area contributed by atoms with Crippen molar-refractivity contribution in [2.45, 2.75) is 24.0 Å². The number of nitrogens with zero attached hydrogens (tertiary/aromatic N) is 3. The van der Waals surface area contributed by atoms with Gasteiger partial charge in [0.1, 0.15) is 10.7 Å². The summed E-state index contributed by atoms with van der Waals surface area (Å²) in [6, 6.07) is 6.41. The van der Waals surface area contributed by atoms with Crippen molar-refractivity contribution >= 4 is 23.1 Å². The molecule has 0 amide bonds. The van der Waals surface area contributed by atoms with Gasteiger partial charge in [0.05, 0.1) is 19.4 Å². The Balaban J connectivity index is 1.71. The van der Waals surface area contributed by atoms with Crippen LogP contribution in [-0.4, -0.2) is 28.7 Å². The fourth-order valence-corrected chi connectivity index (χ4v) is 3.93. The third-order valence-corrected chi connectivity index (χ3v) is 5.37. The molecule has 2 heterocycles. The van der Waals surface area contributed by atoms with Gasteiger partial charge in [-0.15, -0.1) is 11.3 Å². The summed E-state index contributed by atoms with van der Waals surface area (Å²) in [5.41, 5.74) is 0.654. The predicted molar refractivity (Wildman–Crippen MR) is 102 cm³/mol. The third kappa shape index (κ3) is 4.93. The topological polar surface area (TPSA) is 57.1 Å². The molecule has 0 saturated heterocycles. The predicted octanol–water partition coefficient (Wildman–Crippen LogP) is 5.32. The highest BCUT2D eigenvalue weighted by Crippen LogP contribution is 2.34. The van der Waals surface area contributed by atoms with E-state index in [4.69, 9.17) is 9.47 Å². The van der Waals surface area contributed by atoms with Gasteiger partial charge in [-0.3, -0.25) is 0 Å². The zero-order valence-electron chi connectivity index (χ0n) is 15.0. The van der Waals surface area contributed by atoms with Gasteiger partial charge in [-0.1, -0.05) is 11.8 Å². The number of halogens is 3. The van der Waals surface area contributed by atoms with Crippen LogP contribution in [0.1, 0.15) is 18.3 Å². The van der Waals surface area contributed by atoms with Gasteiger partial charge < -0.3 is 9.47 Å². The summed E-state index contributed by atoms with van der Waals surface area (Å²) in [4.78, 5) is 12.0. The maximum Gasteiger partial charge on any atom is 0.433 e. The molecule has 2 aromatic heterocycles. The second-order valence-corrected chi connectivity index (χ2v) is 7.25. The molecule has 0 atom stereocenters. The summed E-state index contributed by atoms with van der Waals surface area (Å²) in [5, 5.41) is 2.70. The van der Waals surface area contributed by atoms with E-state index in [-0.39, 0.29) is 5.16 Å². The van der Waals surface area contributed by atoms with Crippen LogP contribution in [0.3, 0.4) is 0 Å². The molecule has 148 valence electrons. The van der Waals surface area contributed by atoms with Gasteiger partial charge in [0.25, 0.3) is 0 Å². The van der Waals surface area contributed by atoms with Crippen molar-refractivity contribution in [2.75, 3.05) is 13.7 Å². The van der Waals surface area contributed by atoms with Crippen LogP contribution in [0.4, 0.5) is 13.2 Å². The molecule has 0 aliphatic heterocycles. The minimum Gasteiger partial charge on any atom is -0.493 e. The van der Waals surface area contributed by atoms with Gasteiger partial charge in [-0.2, -0.15) is 13.2 Å². The van der Waals surface area contributed by atoms with Crippen LogP contribution in [0.25, 0.3) is 10.6 Å². The molecule has 28 heavy (non-hydrogen) atoms. The molecule has 1 aromatic carbocycles. The summed E-state index contributed by atoms with van der Waals surface area (Å²) in [6.45, 7) is 2.43. The van der Waals surface area contributed by atoms with E-state index < -0.39 is 11.9 Å². The standard InChI is InChI=1S/C18H16F3N3O2S2/c1-3-26-13-5-4-11(8-14(13)25-2)16-23-12(9-27-16)10-28-17-22-7-6-15(24-17)18(19,20)21/h4-9H,3,10H2,1-2H3. The van der Waals surface area contributed by atoms with E-state index in [1.165, 1.54) is 11.3 Å². The lowest BCUT2D eigenvalue weighted by Crippen LogP contribution is -2.08. The maximum atomic E-state index is 12.7. The first-order chi connectivity index (χ1) is 13.4. The number of rotatable bonds is 7. The Labute approximate surface area is 168 Å². The average molecular weight is 427 g/mol. The van der Waals surface area contributed by atoms with E-state index in [9.17, 15) is 13.2 Å². The smallest absolute Gasteiger partial charge is 0.433 e. The van der Waals surface area contributed by atoms with Crippen LogP contribution >= 0.6 is 23.1 Å². The van der Waals surface area contributed by atoms with Gasteiger partial charge in [-0.25, -0.2) is 15.0 Å². The normalized spacial score (nSPS) is 11.5. The molecule has 0 unspecified atom stereocenters. The van der Waals surface area contributed by atoms with Crippen molar-refractivity contribution in [2.24, 2.45) is 0 Å². The molecule has 3 rings (SSSR count). The Kier molecular flexibility index (Phi) is 6.40. The molecule has 0 bridgehead atoms. The summed E-state index contributed by atoms with van der Waals surface area (Å²) in [7, 11) is 1.57. The zero-order chi connectivity index (χ0) is 20.1. The lowest BCUT2D eigenvalue weighted by Gasteiger charge is -2.09. The van der Waals surface area contributed by atoms with Crippen LogP contribution in [0, 0.1) is 0 Å². The summed E-state index contributed by atoms with van der Waals surface area (Å²) >= 11 is 2.55. The van der Waals surface area contributed by atoms with E-state index in [0.29, 0.717) is 23.9 Å². The second-order valence-electron chi connectivity index (χ2n) is 5.45. The van der Waals surface area contributed by atoms with E-state index >= 15 is 0 Å². The Morgan fingerprint density at radius 3 is 2.68 bits per heavy atom. The third-order valence-electron chi connectivity index (χ3n) is 3.54. The van der Waals surface area contributed by atoms with Crippen molar-refractivity contribution in [1.82, 2.24) is 15.0 Å². The molecular formula is C18H16F3N3O2S2. The fourth-order valence-electron chi connectivity index (χ4n) is 2.29. The Bertz CT molecular complexity index is 948. The van der Waals surface area contributed by atoms with Crippen molar-refractivity contribution < 1.29 is 22.6 Å². The molecule has 0 fully saturated rings. The number of ether oxygens (including phenoxy) is 2. The Morgan fingerprint density at radius 2 is 1.96 bits per heavy atom. The summed E-state index contributed by atoms with van der Waals surface area (Å²) < 4.78 is 49.1. The molecule has 0 radical (unpaired) electrons. The maximum absolute atomic E-state index is 12.7. The van der Waals surface area contributed by atoms with Crippen LogP contribution in [0.5, 0.6) is 11.5 Å². The molecule has 0 aliphatic carbocycles. The van der Waals surface area contributed by atoms with Crippen LogP contribution < -0.4 is 9.47 Å². The van der Waals surface area contributed by atoms with E-state index in [0.717, 1.165) is 40.3 Å². The monoisotopic (exact) mass is 427 g/mol. The molecule has 0 aliphatic rings. The average Bonchev–Trinajstić information content (AvgIpc) is 3.15. The number of methoxy groups -OCH3 is 1. The molecule has 10 heteroatoms. The first kappa shape index (κ1) is 20.4. The van der Waals surface area contributed by atoms with Crippen molar-refractivity contribution in [3.63, 3.8) is 0 Å². The highest BCUT2D eigenvalue weighted by atomic mass is 32.2. The number of hydrogen-bond donors (Lipinski definition) is 0. The lowest BCUT2D eigenvalue weighted by molar-refractivity contribution is -0.141. The summed E-state index contributed by atoms with van der Waals surface area (Å²) in [5.74, 6) is 1.64. The number of hydrogen-bond acceptors (Lipinski definition) is 7. The zero-order valence-corrected chi connectivity index (χ0v) is 16.6. The fraction of sp³-hybridized carbons (Fsp3) is 0.278. The van der Waals surface area contributed by atoms with Gasteiger partial charge in [0, 0.05) is 22.9 Å². The number of thiazole rings is 1. The van der Waals surface area contributed by atoms with Crippen molar-refractivity contribution in [3.8, 4) is 22.1 Å². The van der Waals surface area contributed by atoms with E-state index in [1.807, 2.05) is 30.5 Å². The first-order valence-corrected chi connectivity index (χ1v) is 10.1. The van der Waals surface area contributed by atoms with Gasteiger partial charge in [0.2, 0.25) is 0 Å². The van der Waals surface area contributed by atoms with Crippen LogP contribution in [-0.2, 0) is 11.9 Å². The molecule has 0 saturated carbocycles. The first-order valence-electron chi connectivity index (χ1n) is 8.19. The highest BCUT2D eigenvalue weighted by molar-refractivity contribution is 7.98. The van der Waals surface area contributed by atoms with E-state index in [1.54, 1.807) is 7.11 Å². The van der Waals surface area contributed by atoms with Gasteiger partial charge >= 0.3 is 6.18 Å². The number of thioether (sulfide) groups is 1. The quantitative estimate of drug-likeness (QED) is 0.376. The molecule has 5 nitrogen and oxygen atoms in total. The van der Waals surface area contributed by atoms with Gasteiger partial charge in [-0.05, 0) is 31.2 Å². The Hall–Kier alpha value is -2.33. The molecule has 0 N–H and O–H groups in total.